The minimum atomic E-state index is -0.486. The molecule has 168 valence electrons. The summed E-state index contributed by atoms with van der Waals surface area (Å²) in [6.07, 6.45) is 4.37. The molecule has 2 aromatic rings. The van der Waals surface area contributed by atoms with Crippen LogP contribution in [0, 0.1) is 5.92 Å². The number of anilines is 1. The normalized spacial score (nSPS) is 20.3. The van der Waals surface area contributed by atoms with Crippen LogP contribution < -0.4 is 10.2 Å². The highest BCUT2D eigenvalue weighted by Gasteiger charge is 2.29. The van der Waals surface area contributed by atoms with Crippen molar-refractivity contribution in [3.63, 3.8) is 0 Å². The van der Waals surface area contributed by atoms with E-state index in [0.717, 1.165) is 38.2 Å². The van der Waals surface area contributed by atoms with Gasteiger partial charge in [-0.3, -0.25) is 4.79 Å². The summed E-state index contributed by atoms with van der Waals surface area (Å²) in [4.78, 5) is 28.7. The maximum Gasteiger partial charge on any atom is 0.410 e. The van der Waals surface area contributed by atoms with Crippen LogP contribution in [0.15, 0.2) is 18.5 Å². The van der Waals surface area contributed by atoms with E-state index >= 15 is 0 Å². The monoisotopic (exact) mass is 429 g/mol. The first kappa shape index (κ1) is 21.3. The quantitative estimate of drug-likeness (QED) is 0.791. The van der Waals surface area contributed by atoms with E-state index in [9.17, 15) is 9.59 Å². The summed E-state index contributed by atoms with van der Waals surface area (Å²) in [5.74, 6) is 1.25. The maximum atomic E-state index is 12.6. The van der Waals surface area contributed by atoms with Crippen LogP contribution in [0.25, 0.3) is 5.65 Å². The highest BCUT2D eigenvalue weighted by atomic mass is 16.6. The Balaban J connectivity index is 1.20. The van der Waals surface area contributed by atoms with Crippen molar-refractivity contribution in [2.75, 3.05) is 31.1 Å². The molecule has 4 heterocycles. The third-order valence-electron chi connectivity index (χ3n) is 5.77. The second kappa shape index (κ2) is 8.68. The Bertz CT molecular complexity index is 930. The summed E-state index contributed by atoms with van der Waals surface area (Å²) in [6, 6.07) is 3.95. The first-order chi connectivity index (χ1) is 14.8. The lowest BCUT2D eigenvalue weighted by atomic mass is 9.93. The van der Waals surface area contributed by atoms with Gasteiger partial charge in [-0.25, -0.2) is 4.79 Å². The van der Waals surface area contributed by atoms with Crippen molar-refractivity contribution < 1.29 is 14.3 Å². The molecule has 2 aromatic heterocycles. The highest BCUT2D eigenvalue weighted by molar-refractivity contribution is 5.76. The molecule has 1 unspecified atom stereocenters. The van der Waals surface area contributed by atoms with E-state index in [0.29, 0.717) is 31.1 Å². The average molecular weight is 430 g/mol. The number of hydrogen-bond donors (Lipinski definition) is 1. The number of likely N-dealkylation sites (tertiary alicyclic amines) is 1. The predicted molar refractivity (Wildman–Crippen MR) is 115 cm³/mol. The van der Waals surface area contributed by atoms with E-state index in [-0.39, 0.29) is 18.0 Å². The van der Waals surface area contributed by atoms with Crippen LogP contribution >= 0.6 is 0 Å². The van der Waals surface area contributed by atoms with Gasteiger partial charge in [-0.15, -0.1) is 15.3 Å². The Morgan fingerprint density at radius 3 is 2.68 bits per heavy atom. The molecule has 1 N–H and O–H groups in total. The van der Waals surface area contributed by atoms with Crippen molar-refractivity contribution in [1.29, 1.82) is 0 Å². The lowest BCUT2D eigenvalue weighted by Crippen LogP contribution is -2.43. The van der Waals surface area contributed by atoms with Gasteiger partial charge in [-0.05, 0) is 58.1 Å². The predicted octanol–water partition coefficient (Wildman–Crippen LogP) is 1.86. The number of nitrogens with one attached hydrogen (secondary N) is 1. The summed E-state index contributed by atoms with van der Waals surface area (Å²) in [5.41, 5.74) is 0.227. The van der Waals surface area contributed by atoms with E-state index < -0.39 is 5.60 Å². The first-order valence-electron chi connectivity index (χ1n) is 11.0. The minimum Gasteiger partial charge on any atom is -0.444 e. The number of carbonyl (C=O) groups is 2. The molecular weight excluding hydrogens is 398 g/mol. The zero-order chi connectivity index (χ0) is 22.0. The minimum absolute atomic E-state index is 0.0878. The van der Waals surface area contributed by atoms with Gasteiger partial charge in [0, 0.05) is 38.6 Å². The van der Waals surface area contributed by atoms with Crippen LogP contribution in [0.3, 0.4) is 0 Å². The lowest BCUT2D eigenvalue weighted by molar-refractivity contribution is -0.122. The molecule has 0 saturated carbocycles. The van der Waals surface area contributed by atoms with Crippen molar-refractivity contribution in [2.45, 2.75) is 58.1 Å². The second-order valence-electron chi connectivity index (χ2n) is 9.44. The number of rotatable bonds is 4. The van der Waals surface area contributed by atoms with Gasteiger partial charge in [0.2, 0.25) is 5.91 Å². The van der Waals surface area contributed by atoms with Crippen LogP contribution in [0.5, 0.6) is 0 Å². The Labute approximate surface area is 181 Å². The number of carbonyl (C=O) groups excluding carboxylic acids is 2. The van der Waals surface area contributed by atoms with Crippen molar-refractivity contribution in [3.05, 3.63) is 18.5 Å². The fourth-order valence-corrected chi connectivity index (χ4v) is 4.17. The van der Waals surface area contributed by atoms with Crippen LogP contribution in [0.4, 0.5) is 10.6 Å². The standard InChI is InChI=1S/C21H31N7O3/c1-21(2,3)31-20(30)26-9-6-15(7-10-26)12-19(29)23-16-8-11-27(13-16)18-5-4-17-24-22-14-28(17)25-18/h4-5,14-16H,6-13H2,1-3H3,(H,23,29). The molecule has 10 heteroatoms. The van der Waals surface area contributed by atoms with E-state index in [1.54, 1.807) is 15.7 Å². The molecule has 0 spiro atoms. The number of piperidine rings is 1. The van der Waals surface area contributed by atoms with Gasteiger partial charge in [-0.2, -0.15) is 4.52 Å². The van der Waals surface area contributed by atoms with E-state index in [4.69, 9.17) is 4.74 Å². The largest absolute Gasteiger partial charge is 0.444 e. The molecule has 0 aromatic carbocycles. The zero-order valence-electron chi connectivity index (χ0n) is 18.5. The van der Waals surface area contributed by atoms with Gasteiger partial charge in [0.05, 0.1) is 0 Å². The molecule has 2 amide bonds. The third kappa shape index (κ3) is 5.42. The number of aromatic nitrogens is 4. The fourth-order valence-electron chi connectivity index (χ4n) is 4.17. The number of fused-ring (bicyclic) bond motifs is 1. The lowest BCUT2D eigenvalue weighted by Gasteiger charge is -2.33. The summed E-state index contributed by atoms with van der Waals surface area (Å²) in [5, 5.41) is 15.5. The van der Waals surface area contributed by atoms with Crippen LogP contribution in [0.2, 0.25) is 0 Å². The SMILES string of the molecule is CC(C)(C)OC(=O)N1CCC(CC(=O)NC2CCN(c3ccc4nncn4n3)C2)CC1. The van der Waals surface area contributed by atoms with E-state index in [1.165, 1.54) is 0 Å². The average Bonchev–Trinajstić information content (AvgIpc) is 3.35. The molecule has 0 aliphatic carbocycles. The molecule has 2 saturated heterocycles. The summed E-state index contributed by atoms with van der Waals surface area (Å²) in [6.45, 7) is 8.48. The third-order valence-corrected chi connectivity index (χ3v) is 5.77. The summed E-state index contributed by atoms with van der Waals surface area (Å²) >= 11 is 0. The molecule has 0 bridgehead atoms. The molecule has 0 radical (unpaired) electrons. The molecular formula is C21H31N7O3. The van der Waals surface area contributed by atoms with Crippen molar-refractivity contribution in [3.8, 4) is 0 Å². The van der Waals surface area contributed by atoms with Crippen LogP contribution in [-0.4, -0.2) is 74.5 Å². The maximum absolute atomic E-state index is 12.6. The Hall–Kier alpha value is -2.91. The van der Waals surface area contributed by atoms with Crippen LogP contribution in [0.1, 0.15) is 46.5 Å². The van der Waals surface area contributed by atoms with Gasteiger partial charge in [-0.1, -0.05) is 0 Å². The fraction of sp³-hybridized carbons (Fsp3) is 0.667. The first-order valence-corrected chi connectivity index (χ1v) is 11.0. The number of nitrogens with zero attached hydrogens (tertiary/aromatic N) is 6. The Morgan fingerprint density at radius 1 is 1.16 bits per heavy atom. The summed E-state index contributed by atoms with van der Waals surface area (Å²) in [7, 11) is 0. The zero-order valence-corrected chi connectivity index (χ0v) is 18.5. The van der Waals surface area contributed by atoms with Gasteiger partial charge in [0.25, 0.3) is 0 Å². The highest BCUT2D eigenvalue weighted by Crippen LogP contribution is 2.23. The van der Waals surface area contributed by atoms with Crippen molar-refractivity contribution >= 4 is 23.5 Å². The van der Waals surface area contributed by atoms with E-state index in [1.807, 2.05) is 32.9 Å². The second-order valence-corrected chi connectivity index (χ2v) is 9.44. The molecule has 10 nitrogen and oxygen atoms in total. The Kier molecular flexibility index (Phi) is 5.97. The molecule has 2 aliphatic rings. The molecule has 2 aliphatic heterocycles. The van der Waals surface area contributed by atoms with Gasteiger partial charge in [0.15, 0.2) is 5.65 Å². The van der Waals surface area contributed by atoms with Gasteiger partial charge < -0.3 is 19.9 Å². The number of hydrogen-bond acceptors (Lipinski definition) is 7. The molecule has 2 fully saturated rings. The van der Waals surface area contributed by atoms with Crippen LogP contribution in [-0.2, 0) is 9.53 Å². The van der Waals surface area contributed by atoms with Gasteiger partial charge >= 0.3 is 6.09 Å². The van der Waals surface area contributed by atoms with Gasteiger partial charge in [0.1, 0.15) is 17.7 Å². The smallest absolute Gasteiger partial charge is 0.410 e. The molecule has 1 atom stereocenters. The number of amides is 2. The molecule has 4 rings (SSSR count). The van der Waals surface area contributed by atoms with E-state index in [2.05, 4.69) is 25.5 Å². The summed E-state index contributed by atoms with van der Waals surface area (Å²) < 4.78 is 7.09. The number of ether oxygens (including phenoxy) is 1. The van der Waals surface area contributed by atoms with Crippen molar-refractivity contribution in [2.24, 2.45) is 5.92 Å². The Morgan fingerprint density at radius 2 is 1.94 bits per heavy atom. The van der Waals surface area contributed by atoms with Crippen molar-refractivity contribution in [1.82, 2.24) is 30.0 Å². The molecule has 31 heavy (non-hydrogen) atoms. The topological polar surface area (TPSA) is 105 Å².